The van der Waals surface area contributed by atoms with Crippen molar-refractivity contribution in [2.45, 2.75) is 180 Å². The van der Waals surface area contributed by atoms with Crippen LogP contribution in [0.25, 0.3) is 0 Å². The average molecular weight is 764 g/mol. The lowest BCUT2D eigenvalue weighted by molar-refractivity contribution is -0.135. The molecule has 1 amide bonds. The molecule has 302 valence electrons. The molecule has 4 aliphatic carbocycles. The minimum Gasteiger partial charge on any atom is -0.444 e. The molecule has 0 heterocycles. The molecule has 0 saturated heterocycles. The van der Waals surface area contributed by atoms with Crippen molar-refractivity contribution in [1.82, 2.24) is 5.32 Å². The van der Waals surface area contributed by atoms with Gasteiger partial charge in [-0.1, -0.05) is 72.1 Å². The molecule has 4 bridgehead atoms. The fourth-order valence-electron chi connectivity index (χ4n) is 10.4. The fraction of sp³-hybridized carbons (Fsp3) is 0.674. The highest BCUT2D eigenvalue weighted by atomic mass is 19.1. The van der Waals surface area contributed by atoms with Gasteiger partial charge in [-0.15, -0.1) is 0 Å². The average Bonchev–Trinajstić information content (AvgIpc) is 3.09. The predicted octanol–water partition coefficient (Wildman–Crippen LogP) is 11.1. The lowest BCUT2D eigenvalue weighted by Crippen LogP contribution is -2.57. The molecule has 0 radical (unpaired) electrons. The maximum absolute atomic E-state index is 15.7. The molecule has 2 fully saturated rings. The second kappa shape index (κ2) is 16.9. The Morgan fingerprint density at radius 2 is 1.20 bits per heavy atom. The third-order valence-electron chi connectivity index (χ3n) is 13.6. The first-order valence-corrected chi connectivity index (χ1v) is 21.1. The summed E-state index contributed by atoms with van der Waals surface area (Å²) in [5.41, 5.74) is 1.92. The van der Waals surface area contributed by atoms with Crippen LogP contribution in [0.3, 0.4) is 0 Å². The number of esters is 2. The summed E-state index contributed by atoms with van der Waals surface area (Å²) in [5, 5.41) is 3.16. The number of carbonyl (C=O) groups is 3. The molecule has 0 spiro atoms. The third kappa shape index (κ3) is 9.39. The first kappa shape index (κ1) is 41.2. The summed E-state index contributed by atoms with van der Waals surface area (Å²) in [6.07, 6.45) is 14.1. The highest BCUT2D eigenvalue weighted by Gasteiger charge is 2.48. The molecule has 6 rings (SSSR count). The second-order valence-electron chi connectivity index (χ2n) is 18.6. The molecule has 0 unspecified atom stereocenters. The van der Waals surface area contributed by atoms with Crippen LogP contribution in [-0.2, 0) is 38.0 Å². The van der Waals surface area contributed by atoms with Gasteiger partial charge in [0.15, 0.2) is 0 Å². The van der Waals surface area contributed by atoms with E-state index < -0.39 is 23.1 Å². The topological polar surface area (TPSA) is 90.9 Å². The number of unbranched alkanes of at least 4 members (excludes halogenated alkanes) is 3. The zero-order chi connectivity index (χ0) is 39.5. The van der Waals surface area contributed by atoms with Gasteiger partial charge in [-0.2, -0.15) is 0 Å². The highest BCUT2D eigenvalue weighted by Crippen LogP contribution is 2.52. The van der Waals surface area contributed by atoms with Crippen LogP contribution in [0.4, 0.5) is 13.6 Å². The van der Waals surface area contributed by atoms with E-state index in [2.05, 4.69) is 26.1 Å². The van der Waals surface area contributed by atoms with Crippen LogP contribution >= 0.6 is 0 Å². The normalized spacial score (nSPS) is 27.6. The number of hydrogen-bond acceptors (Lipinski definition) is 6. The number of halogens is 2. The third-order valence-corrected chi connectivity index (χ3v) is 13.6. The molecule has 6 atom stereocenters. The molecule has 7 nitrogen and oxygen atoms in total. The van der Waals surface area contributed by atoms with Crippen molar-refractivity contribution in [2.75, 3.05) is 0 Å². The molecule has 2 aromatic rings. The standard InChI is InChI=1S/C46H63F2NO6/c1-29-30-17-11-9-15-21-45(29,5)36-25-32(27-38(47)34(36)23-30)53-40(50)19-13-7-8-14-20-41(51)54-33-26-37-35(39(48)28-33)24-31-18-12-10-16-22-46(37,6)42(31)49-43(52)55-44(2,3)4/h25-31,42H,7-24H2,1-6H3,(H,49,52)/t29-,30-,31-,42-,45-,46+/m0/s1. The smallest absolute Gasteiger partial charge is 0.407 e. The van der Waals surface area contributed by atoms with Gasteiger partial charge < -0.3 is 19.5 Å². The lowest BCUT2D eigenvalue weighted by atomic mass is 9.57. The van der Waals surface area contributed by atoms with Gasteiger partial charge >= 0.3 is 18.0 Å². The number of benzene rings is 2. The second-order valence-corrected chi connectivity index (χ2v) is 18.6. The Hall–Kier alpha value is -3.49. The molecular formula is C46H63F2NO6. The fourth-order valence-corrected chi connectivity index (χ4v) is 10.4. The SMILES string of the molecule is C[C@H]1[C@H]2CCCCC[C@]1(C)c1cc(OC(=O)CCCCCCC(=O)Oc3cc(F)c4c(c3)[C@@]3(C)CCCCC[C@@H](C4)[C@@H]3NC(=O)OC(C)(C)C)cc(F)c1C2. The minimum atomic E-state index is -0.640. The molecule has 9 heteroatoms. The van der Waals surface area contributed by atoms with E-state index in [0.717, 1.165) is 80.9 Å². The van der Waals surface area contributed by atoms with Crippen LogP contribution in [0.1, 0.15) is 167 Å². The number of rotatable bonds is 10. The molecule has 2 saturated carbocycles. The zero-order valence-corrected chi connectivity index (χ0v) is 34.1. The van der Waals surface area contributed by atoms with E-state index in [4.69, 9.17) is 14.2 Å². The highest BCUT2D eigenvalue weighted by molar-refractivity contribution is 5.73. The maximum atomic E-state index is 15.7. The van der Waals surface area contributed by atoms with Crippen molar-refractivity contribution in [3.63, 3.8) is 0 Å². The Morgan fingerprint density at radius 1 is 0.709 bits per heavy atom. The van der Waals surface area contributed by atoms with Crippen LogP contribution in [0, 0.1) is 29.4 Å². The van der Waals surface area contributed by atoms with Gasteiger partial charge in [0.05, 0.1) is 0 Å². The number of alkyl carbamates (subject to hydrolysis) is 1. The van der Waals surface area contributed by atoms with E-state index in [-0.39, 0.29) is 59.3 Å². The van der Waals surface area contributed by atoms with Crippen LogP contribution in [0.2, 0.25) is 0 Å². The summed E-state index contributed by atoms with van der Waals surface area (Å²) in [7, 11) is 0. The number of nitrogens with one attached hydrogen (secondary N) is 1. The van der Waals surface area contributed by atoms with E-state index >= 15 is 8.78 Å². The van der Waals surface area contributed by atoms with Gasteiger partial charge in [-0.3, -0.25) is 9.59 Å². The molecule has 0 aromatic heterocycles. The van der Waals surface area contributed by atoms with E-state index in [0.29, 0.717) is 43.1 Å². The summed E-state index contributed by atoms with van der Waals surface area (Å²) >= 11 is 0. The van der Waals surface area contributed by atoms with E-state index in [9.17, 15) is 14.4 Å². The van der Waals surface area contributed by atoms with E-state index in [1.807, 2.05) is 26.8 Å². The summed E-state index contributed by atoms with van der Waals surface area (Å²) in [6, 6.07) is 6.17. The summed E-state index contributed by atoms with van der Waals surface area (Å²) in [4.78, 5) is 38.7. The zero-order valence-electron chi connectivity index (χ0n) is 34.1. The Kier molecular flexibility index (Phi) is 12.7. The van der Waals surface area contributed by atoms with Crippen molar-refractivity contribution in [1.29, 1.82) is 0 Å². The van der Waals surface area contributed by atoms with Crippen molar-refractivity contribution in [3.05, 3.63) is 58.2 Å². The number of fused-ring (bicyclic) bond motifs is 8. The molecule has 2 aromatic carbocycles. The first-order chi connectivity index (χ1) is 26.1. The summed E-state index contributed by atoms with van der Waals surface area (Å²) in [6.45, 7) is 12.2. The summed E-state index contributed by atoms with van der Waals surface area (Å²) < 4.78 is 48.2. The van der Waals surface area contributed by atoms with Crippen molar-refractivity contribution in [2.24, 2.45) is 17.8 Å². The lowest BCUT2D eigenvalue weighted by Gasteiger charge is -2.49. The van der Waals surface area contributed by atoms with Gasteiger partial charge in [0.25, 0.3) is 0 Å². The van der Waals surface area contributed by atoms with Crippen LogP contribution in [0.15, 0.2) is 24.3 Å². The molecular weight excluding hydrogens is 701 g/mol. The first-order valence-electron chi connectivity index (χ1n) is 21.1. The van der Waals surface area contributed by atoms with Gasteiger partial charge in [0.2, 0.25) is 0 Å². The Morgan fingerprint density at radius 3 is 1.75 bits per heavy atom. The largest absolute Gasteiger partial charge is 0.444 e. The number of carbonyl (C=O) groups excluding carboxylic acids is 3. The minimum absolute atomic E-state index is 0.0724. The van der Waals surface area contributed by atoms with Gasteiger partial charge in [-0.05, 0) is 130 Å². The Labute approximate surface area is 327 Å². The quantitative estimate of drug-likeness (QED) is 0.147. The Bertz CT molecular complexity index is 1740. The number of hydrogen-bond donors (Lipinski definition) is 1. The monoisotopic (exact) mass is 763 g/mol. The van der Waals surface area contributed by atoms with Gasteiger partial charge in [0, 0.05) is 36.4 Å². The van der Waals surface area contributed by atoms with Crippen LogP contribution in [-0.4, -0.2) is 29.7 Å². The van der Waals surface area contributed by atoms with Crippen molar-refractivity contribution in [3.8, 4) is 11.5 Å². The Balaban J connectivity index is 0.995. The van der Waals surface area contributed by atoms with Gasteiger partial charge in [-0.25, -0.2) is 13.6 Å². The van der Waals surface area contributed by atoms with Gasteiger partial charge in [0.1, 0.15) is 28.7 Å². The van der Waals surface area contributed by atoms with Crippen molar-refractivity contribution < 1.29 is 37.4 Å². The molecule has 1 N–H and O–H groups in total. The number of ether oxygens (including phenoxy) is 3. The molecule has 0 aliphatic heterocycles. The van der Waals surface area contributed by atoms with Crippen LogP contribution in [0.5, 0.6) is 11.5 Å². The van der Waals surface area contributed by atoms with E-state index in [1.165, 1.54) is 25.0 Å². The maximum Gasteiger partial charge on any atom is 0.407 e. The number of amides is 1. The summed E-state index contributed by atoms with van der Waals surface area (Å²) in [5.74, 6) is -0.00196. The molecule has 4 aliphatic rings. The van der Waals surface area contributed by atoms with E-state index in [1.54, 1.807) is 6.07 Å². The van der Waals surface area contributed by atoms with Crippen molar-refractivity contribution >= 4 is 18.0 Å². The van der Waals surface area contributed by atoms with Crippen LogP contribution < -0.4 is 14.8 Å². The molecule has 55 heavy (non-hydrogen) atoms. The predicted molar refractivity (Wildman–Crippen MR) is 209 cm³/mol.